The molecule has 0 aliphatic heterocycles. The third-order valence-corrected chi connectivity index (χ3v) is 3.14. The van der Waals surface area contributed by atoms with E-state index in [2.05, 4.69) is 17.2 Å². The van der Waals surface area contributed by atoms with Gasteiger partial charge in [-0.15, -0.1) is 5.92 Å². The van der Waals surface area contributed by atoms with Gasteiger partial charge in [-0.1, -0.05) is 24.1 Å². The minimum absolute atomic E-state index is 0.0701. The fraction of sp³-hybridized carbons (Fsp3) is 0.429. The Morgan fingerprint density at radius 1 is 1.38 bits per heavy atom. The molecule has 0 amide bonds. The second-order valence-corrected chi connectivity index (χ2v) is 4.19. The summed E-state index contributed by atoms with van der Waals surface area (Å²) in [5.41, 5.74) is 0.863. The highest BCUT2D eigenvalue weighted by Gasteiger charge is 2.31. The van der Waals surface area contributed by atoms with E-state index >= 15 is 0 Å². The van der Waals surface area contributed by atoms with Gasteiger partial charge in [0, 0.05) is 6.04 Å². The second-order valence-electron chi connectivity index (χ2n) is 4.19. The third kappa shape index (κ3) is 2.43. The number of nitrogens with one attached hydrogen (secondary N) is 1. The number of hydrogen-bond donors (Lipinski definition) is 1. The Morgan fingerprint density at radius 3 is 2.81 bits per heavy atom. The number of halogens is 1. The summed E-state index contributed by atoms with van der Waals surface area (Å²) < 4.78 is 13.5. The van der Waals surface area contributed by atoms with Gasteiger partial charge in [0.2, 0.25) is 0 Å². The molecule has 84 valence electrons. The van der Waals surface area contributed by atoms with Crippen molar-refractivity contribution < 1.29 is 4.39 Å². The molecule has 1 fully saturated rings. The fourth-order valence-corrected chi connectivity index (χ4v) is 2.13. The van der Waals surface area contributed by atoms with Crippen LogP contribution in [-0.4, -0.2) is 12.6 Å². The van der Waals surface area contributed by atoms with E-state index in [-0.39, 0.29) is 5.82 Å². The zero-order valence-corrected chi connectivity index (χ0v) is 9.46. The smallest absolute Gasteiger partial charge is 0.126 e. The van der Waals surface area contributed by atoms with Crippen LogP contribution < -0.4 is 5.32 Å². The van der Waals surface area contributed by atoms with Crippen LogP contribution in [0, 0.1) is 17.7 Å². The van der Waals surface area contributed by atoms with Crippen molar-refractivity contribution in [2.75, 3.05) is 6.54 Å². The van der Waals surface area contributed by atoms with E-state index in [0.717, 1.165) is 24.9 Å². The Bertz CT molecular complexity index is 410. The van der Waals surface area contributed by atoms with Crippen LogP contribution in [0.2, 0.25) is 0 Å². The molecule has 1 aromatic carbocycles. The summed E-state index contributed by atoms with van der Waals surface area (Å²) >= 11 is 0. The molecule has 1 N–H and O–H groups in total. The molecule has 0 radical (unpaired) electrons. The quantitative estimate of drug-likeness (QED) is 0.768. The van der Waals surface area contributed by atoms with Crippen molar-refractivity contribution in [2.45, 2.75) is 31.7 Å². The lowest BCUT2D eigenvalue weighted by molar-refractivity contribution is 0.294. The summed E-state index contributed by atoms with van der Waals surface area (Å²) in [6.45, 7) is 2.58. The molecule has 0 spiro atoms. The molecule has 0 bridgehead atoms. The first-order chi connectivity index (χ1) is 7.81. The molecular formula is C14H16FN. The van der Waals surface area contributed by atoms with E-state index in [9.17, 15) is 4.39 Å². The summed E-state index contributed by atoms with van der Waals surface area (Å²) in [5.74, 6) is 6.14. The molecule has 0 saturated heterocycles. The minimum Gasteiger partial charge on any atom is -0.303 e. The molecule has 1 aliphatic carbocycles. The first kappa shape index (κ1) is 11.2. The van der Waals surface area contributed by atoms with Gasteiger partial charge < -0.3 is 5.32 Å². The molecule has 1 saturated carbocycles. The van der Waals surface area contributed by atoms with Crippen molar-refractivity contribution >= 4 is 0 Å². The van der Waals surface area contributed by atoms with Gasteiger partial charge in [-0.3, -0.25) is 0 Å². The maximum Gasteiger partial charge on any atom is 0.126 e. The predicted octanol–water partition coefficient (Wildman–Crippen LogP) is 2.68. The SMILES string of the molecule is CC#CCNC1CC(c2ccccc2F)C1. The Kier molecular flexibility index (Phi) is 3.58. The number of rotatable bonds is 3. The zero-order chi connectivity index (χ0) is 11.4. The average molecular weight is 217 g/mol. The average Bonchev–Trinajstić information content (AvgIpc) is 2.23. The Hall–Kier alpha value is -1.33. The maximum atomic E-state index is 13.5. The van der Waals surface area contributed by atoms with Gasteiger partial charge in [0.1, 0.15) is 5.82 Å². The normalized spacial score (nSPS) is 23.1. The monoisotopic (exact) mass is 217 g/mol. The zero-order valence-electron chi connectivity index (χ0n) is 9.46. The van der Waals surface area contributed by atoms with E-state index in [1.165, 1.54) is 0 Å². The van der Waals surface area contributed by atoms with Crippen molar-refractivity contribution in [3.63, 3.8) is 0 Å². The van der Waals surface area contributed by atoms with E-state index in [0.29, 0.717) is 12.0 Å². The number of hydrogen-bond acceptors (Lipinski definition) is 1. The van der Waals surface area contributed by atoms with Crippen molar-refractivity contribution in [3.8, 4) is 11.8 Å². The first-order valence-electron chi connectivity index (χ1n) is 5.68. The topological polar surface area (TPSA) is 12.0 Å². The lowest BCUT2D eigenvalue weighted by Crippen LogP contribution is -2.40. The summed E-state index contributed by atoms with van der Waals surface area (Å²) in [7, 11) is 0. The van der Waals surface area contributed by atoms with Crippen LogP contribution in [0.1, 0.15) is 31.2 Å². The molecule has 1 nitrogen and oxygen atoms in total. The molecule has 1 aliphatic rings. The standard InChI is InChI=1S/C14H16FN/c1-2-3-8-16-12-9-11(10-12)13-6-4-5-7-14(13)15/h4-7,11-12,16H,8-10H2,1H3. The van der Waals surface area contributed by atoms with Crippen LogP contribution in [0.4, 0.5) is 4.39 Å². The Morgan fingerprint density at radius 2 is 2.12 bits per heavy atom. The van der Waals surface area contributed by atoms with E-state index in [1.54, 1.807) is 12.1 Å². The third-order valence-electron chi connectivity index (χ3n) is 3.14. The fourth-order valence-electron chi connectivity index (χ4n) is 2.13. The van der Waals surface area contributed by atoms with Gasteiger partial charge in [0.05, 0.1) is 6.54 Å². The highest BCUT2D eigenvalue weighted by atomic mass is 19.1. The molecule has 2 rings (SSSR count). The van der Waals surface area contributed by atoms with Crippen molar-refractivity contribution in [1.82, 2.24) is 5.32 Å². The van der Waals surface area contributed by atoms with E-state index in [1.807, 2.05) is 19.1 Å². The Balaban J connectivity index is 1.84. The summed E-state index contributed by atoms with van der Waals surface area (Å²) in [5, 5.41) is 3.34. The van der Waals surface area contributed by atoms with Crippen LogP contribution in [0.5, 0.6) is 0 Å². The van der Waals surface area contributed by atoms with Gasteiger partial charge in [-0.05, 0) is 37.3 Å². The van der Waals surface area contributed by atoms with Crippen LogP contribution in [0.3, 0.4) is 0 Å². The highest BCUT2D eigenvalue weighted by molar-refractivity contribution is 5.24. The molecule has 0 atom stereocenters. The van der Waals surface area contributed by atoms with Gasteiger partial charge in [-0.25, -0.2) is 4.39 Å². The molecule has 0 heterocycles. The molecule has 16 heavy (non-hydrogen) atoms. The Labute approximate surface area is 96.1 Å². The lowest BCUT2D eigenvalue weighted by Gasteiger charge is -2.36. The van der Waals surface area contributed by atoms with Gasteiger partial charge >= 0.3 is 0 Å². The van der Waals surface area contributed by atoms with Crippen LogP contribution in [-0.2, 0) is 0 Å². The first-order valence-corrected chi connectivity index (χ1v) is 5.68. The van der Waals surface area contributed by atoms with Crippen LogP contribution >= 0.6 is 0 Å². The molecule has 2 heteroatoms. The number of benzene rings is 1. The molecule has 0 aromatic heterocycles. The largest absolute Gasteiger partial charge is 0.303 e. The van der Waals surface area contributed by atoms with Crippen molar-refractivity contribution in [2.24, 2.45) is 0 Å². The van der Waals surface area contributed by atoms with Crippen molar-refractivity contribution in [3.05, 3.63) is 35.6 Å². The lowest BCUT2D eigenvalue weighted by atomic mass is 9.75. The molecule has 1 aromatic rings. The minimum atomic E-state index is -0.0701. The molecule has 0 unspecified atom stereocenters. The van der Waals surface area contributed by atoms with Gasteiger partial charge in [0.25, 0.3) is 0 Å². The van der Waals surface area contributed by atoms with Gasteiger partial charge in [0.15, 0.2) is 0 Å². The predicted molar refractivity (Wildman–Crippen MR) is 63.6 cm³/mol. The summed E-state index contributed by atoms with van der Waals surface area (Å²) in [6.07, 6.45) is 2.04. The highest BCUT2D eigenvalue weighted by Crippen LogP contribution is 2.37. The summed E-state index contributed by atoms with van der Waals surface area (Å²) in [6, 6.07) is 7.58. The van der Waals surface area contributed by atoms with Crippen LogP contribution in [0.25, 0.3) is 0 Å². The van der Waals surface area contributed by atoms with Crippen molar-refractivity contribution in [1.29, 1.82) is 0 Å². The second kappa shape index (κ2) is 5.14. The van der Waals surface area contributed by atoms with Crippen LogP contribution in [0.15, 0.2) is 24.3 Å². The van der Waals surface area contributed by atoms with Gasteiger partial charge in [-0.2, -0.15) is 0 Å². The molecular weight excluding hydrogens is 201 g/mol. The summed E-state index contributed by atoms with van der Waals surface area (Å²) in [4.78, 5) is 0. The maximum absolute atomic E-state index is 13.5. The van der Waals surface area contributed by atoms with E-state index < -0.39 is 0 Å². The van der Waals surface area contributed by atoms with E-state index in [4.69, 9.17) is 0 Å².